The van der Waals surface area contributed by atoms with Crippen molar-refractivity contribution in [2.45, 2.75) is 32.9 Å². The van der Waals surface area contributed by atoms with Crippen LogP contribution in [0.15, 0.2) is 30.9 Å². The van der Waals surface area contributed by atoms with E-state index in [1.54, 1.807) is 29.2 Å². The normalized spacial score (nSPS) is 17.5. The summed E-state index contributed by atoms with van der Waals surface area (Å²) in [5.41, 5.74) is 3.97. The molecular weight excluding hydrogens is 466 g/mol. The molecule has 1 aliphatic rings. The zero-order valence-corrected chi connectivity index (χ0v) is 20.3. The topological polar surface area (TPSA) is 115 Å². The van der Waals surface area contributed by atoms with E-state index in [1.807, 2.05) is 30.5 Å². The van der Waals surface area contributed by atoms with E-state index < -0.39 is 9.84 Å². The molecular formula is C21H26ClN7O3S. The Morgan fingerprint density at radius 3 is 2.79 bits per heavy atom. The zero-order valence-electron chi connectivity index (χ0n) is 18.7. The molecule has 12 heteroatoms. The average Bonchev–Trinajstić information content (AvgIpc) is 3.44. The lowest BCUT2D eigenvalue weighted by atomic mass is 10.1. The number of carbonyl (C=O) groups excluding carboxylic acids is 1. The van der Waals surface area contributed by atoms with Crippen LogP contribution in [-0.4, -0.2) is 68.9 Å². The molecule has 1 fully saturated rings. The number of aryl methyl sites for hydroxylation is 1. The molecule has 1 unspecified atom stereocenters. The minimum atomic E-state index is -3.00. The van der Waals surface area contributed by atoms with Crippen molar-refractivity contribution in [3.8, 4) is 5.69 Å². The molecule has 0 aliphatic carbocycles. The van der Waals surface area contributed by atoms with Gasteiger partial charge in [0.05, 0.1) is 41.2 Å². The number of carbonyl (C=O) groups is 1. The SMILES string of the molecule is Cc1nn(C2CCS(=O)(=O)C2)c(C)c1CN(C)CC(=O)Nc1cc(Cl)ccc1-n1cncn1. The number of nitrogens with zero attached hydrogens (tertiary/aromatic N) is 6. The van der Waals surface area contributed by atoms with Crippen LogP contribution in [0.4, 0.5) is 5.69 Å². The Balaban J connectivity index is 1.44. The lowest BCUT2D eigenvalue weighted by Crippen LogP contribution is -2.30. The highest BCUT2D eigenvalue weighted by molar-refractivity contribution is 7.91. The van der Waals surface area contributed by atoms with Crippen LogP contribution in [0.1, 0.15) is 29.4 Å². The second-order valence-corrected chi connectivity index (χ2v) is 11.0. The third-order valence-electron chi connectivity index (χ3n) is 5.77. The first-order valence-corrected chi connectivity index (χ1v) is 12.7. The van der Waals surface area contributed by atoms with Crippen molar-refractivity contribution in [2.24, 2.45) is 0 Å². The highest BCUT2D eigenvalue weighted by atomic mass is 35.5. The Bertz CT molecular complexity index is 1270. The van der Waals surface area contributed by atoms with Crippen LogP contribution in [0.5, 0.6) is 0 Å². The fourth-order valence-electron chi connectivity index (χ4n) is 4.15. The van der Waals surface area contributed by atoms with Gasteiger partial charge in [0.1, 0.15) is 12.7 Å². The molecule has 0 saturated carbocycles. The standard InChI is InChI=1S/C21H26ClN7O3S/c1-14-18(15(2)29(26-14)17-6-7-33(31,32)11-17)9-27(3)10-21(30)25-19-8-16(22)4-5-20(19)28-13-23-12-24-28/h4-5,8,12-13,17H,6-7,9-11H2,1-3H3,(H,25,30). The second kappa shape index (κ2) is 9.24. The number of nitrogens with one attached hydrogen (secondary N) is 1. The summed E-state index contributed by atoms with van der Waals surface area (Å²) in [5.74, 6) is 0.122. The highest BCUT2D eigenvalue weighted by Gasteiger charge is 2.31. The largest absolute Gasteiger partial charge is 0.323 e. The number of benzene rings is 1. The first-order valence-electron chi connectivity index (χ1n) is 10.5. The number of aromatic nitrogens is 5. The molecule has 1 amide bonds. The van der Waals surface area contributed by atoms with Crippen LogP contribution in [0.2, 0.25) is 5.02 Å². The number of halogens is 1. The van der Waals surface area contributed by atoms with Crippen molar-refractivity contribution >= 4 is 33.0 Å². The Kier molecular flexibility index (Phi) is 6.55. The van der Waals surface area contributed by atoms with Crippen LogP contribution in [0.3, 0.4) is 0 Å². The smallest absolute Gasteiger partial charge is 0.238 e. The first kappa shape index (κ1) is 23.4. The molecule has 1 aromatic carbocycles. The number of amides is 1. The second-order valence-electron chi connectivity index (χ2n) is 8.37. The van der Waals surface area contributed by atoms with Gasteiger partial charge in [-0.25, -0.2) is 18.1 Å². The van der Waals surface area contributed by atoms with Gasteiger partial charge in [0.15, 0.2) is 9.84 Å². The highest BCUT2D eigenvalue weighted by Crippen LogP contribution is 2.27. The van der Waals surface area contributed by atoms with Crippen LogP contribution in [0.25, 0.3) is 5.69 Å². The molecule has 1 atom stereocenters. The lowest BCUT2D eigenvalue weighted by Gasteiger charge is -2.18. The van der Waals surface area contributed by atoms with E-state index in [0.29, 0.717) is 29.4 Å². The van der Waals surface area contributed by atoms with Gasteiger partial charge in [0.25, 0.3) is 0 Å². The summed E-state index contributed by atoms with van der Waals surface area (Å²) in [6.07, 6.45) is 3.54. The Labute approximate surface area is 197 Å². The predicted molar refractivity (Wildman–Crippen MR) is 125 cm³/mol. The molecule has 33 heavy (non-hydrogen) atoms. The van der Waals surface area contributed by atoms with Crippen LogP contribution in [-0.2, 0) is 21.2 Å². The van der Waals surface area contributed by atoms with Gasteiger partial charge in [-0.1, -0.05) is 11.6 Å². The third kappa shape index (κ3) is 5.26. The minimum Gasteiger partial charge on any atom is -0.323 e. The summed E-state index contributed by atoms with van der Waals surface area (Å²) in [7, 11) is -1.15. The first-order chi connectivity index (χ1) is 15.6. The van der Waals surface area contributed by atoms with Gasteiger partial charge in [0, 0.05) is 22.8 Å². The van der Waals surface area contributed by atoms with Gasteiger partial charge < -0.3 is 5.32 Å². The zero-order chi connectivity index (χ0) is 23.8. The molecule has 0 spiro atoms. The molecule has 0 bridgehead atoms. The third-order valence-corrected chi connectivity index (χ3v) is 7.75. The molecule has 0 radical (unpaired) electrons. The fraction of sp³-hybridized carbons (Fsp3) is 0.429. The van der Waals surface area contributed by atoms with Crippen molar-refractivity contribution in [1.29, 1.82) is 0 Å². The van der Waals surface area contributed by atoms with Crippen molar-refractivity contribution in [3.63, 3.8) is 0 Å². The maximum atomic E-state index is 12.8. The van der Waals surface area contributed by atoms with E-state index in [9.17, 15) is 13.2 Å². The van der Waals surface area contributed by atoms with Crippen molar-refractivity contribution < 1.29 is 13.2 Å². The molecule has 176 valence electrons. The van der Waals surface area contributed by atoms with Crippen molar-refractivity contribution in [3.05, 3.63) is 52.8 Å². The molecule has 2 aromatic heterocycles. The molecule has 1 saturated heterocycles. The van der Waals surface area contributed by atoms with Crippen LogP contribution < -0.4 is 5.32 Å². The summed E-state index contributed by atoms with van der Waals surface area (Å²) < 4.78 is 27.1. The molecule has 10 nitrogen and oxygen atoms in total. The fourth-order valence-corrected chi connectivity index (χ4v) is 6.02. The van der Waals surface area contributed by atoms with E-state index in [0.717, 1.165) is 17.0 Å². The van der Waals surface area contributed by atoms with Crippen molar-refractivity contribution in [2.75, 3.05) is 30.4 Å². The van der Waals surface area contributed by atoms with E-state index in [1.165, 1.54) is 6.33 Å². The van der Waals surface area contributed by atoms with E-state index in [-0.39, 0.29) is 30.0 Å². The monoisotopic (exact) mass is 491 g/mol. The summed E-state index contributed by atoms with van der Waals surface area (Å²) in [6.45, 7) is 4.51. The van der Waals surface area contributed by atoms with Crippen LogP contribution in [0, 0.1) is 13.8 Å². The van der Waals surface area contributed by atoms with E-state index in [2.05, 4.69) is 20.5 Å². The maximum Gasteiger partial charge on any atom is 0.238 e. The van der Waals surface area contributed by atoms with Gasteiger partial charge in [-0.3, -0.25) is 14.4 Å². The number of hydrogen-bond donors (Lipinski definition) is 1. The molecule has 1 aliphatic heterocycles. The number of hydrogen-bond acceptors (Lipinski definition) is 7. The van der Waals surface area contributed by atoms with Gasteiger partial charge in [-0.15, -0.1) is 0 Å². The van der Waals surface area contributed by atoms with Crippen LogP contribution >= 0.6 is 11.6 Å². The quantitative estimate of drug-likeness (QED) is 0.538. The van der Waals surface area contributed by atoms with Gasteiger partial charge >= 0.3 is 0 Å². The Morgan fingerprint density at radius 1 is 1.33 bits per heavy atom. The lowest BCUT2D eigenvalue weighted by molar-refractivity contribution is -0.117. The number of sulfone groups is 1. The average molecular weight is 492 g/mol. The summed E-state index contributed by atoms with van der Waals surface area (Å²) in [5, 5.41) is 12.1. The van der Waals surface area contributed by atoms with E-state index in [4.69, 9.17) is 11.6 Å². The van der Waals surface area contributed by atoms with Gasteiger partial charge in [0.2, 0.25) is 5.91 Å². The van der Waals surface area contributed by atoms with Gasteiger partial charge in [-0.2, -0.15) is 10.2 Å². The number of rotatable bonds is 7. The molecule has 3 heterocycles. The van der Waals surface area contributed by atoms with Crippen molar-refractivity contribution in [1.82, 2.24) is 29.4 Å². The Hall–Kier alpha value is -2.76. The van der Waals surface area contributed by atoms with Gasteiger partial charge in [-0.05, 0) is 45.5 Å². The summed E-state index contributed by atoms with van der Waals surface area (Å²) in [4.78, 5) is 18.6. The molecule has 4 rings (SSSR count). The summed E-state index contributed by atoms with van der Waals surface area (Å²) in [6, 6.07) is 5.03. The minimum absolute atomic E-state index is 0.125. The molecule has 1 N–H and O–H groups in total. The maximum absolute atomic E-state index is 12.8. The Morgan fingerprint density at radius 2 is 2.12 bits per heavy atom. The van der Waals surface area contributed by atoms with E-state index >= 15 is 0 Å². The summed E-state index contributed by atoms with van der Waals surface area (Å²) >= 11 is 6.13. The number of likely N-dealkylation sites (N-methyl/N-ethyl adjacent to an activating group) is 1. The number of anilines is 1. The molecule has 3 aromatic rings. The predicted octanol–water partition coefficient (Wildman–Crippen LogP) is 2.16.